The molecule has 1 saturated heterocycles. The number of halogens is 3. The number of ether oxygens (including phenoxy) is 2. The molecule has 1 aliphatic rings. The minimum atomic E-state index is -4.09. The minimum absolute atomic E-state index is 0.0462. The maximum Gasteiger partial charge on any atom is 0.389 e. The molecule has 0 aliphatic carbocycles. The molecule has 2 unspecified atom stereocenters. The molecule has 1 fully saturated rings. The van der Waals surface area contributed by atoms with E-state index in [0.29, 0.717) is 26.2 Å². The second-order valence-corrected chi connectivity index (χ2v) is 3.66. The van der Waals surface area contributed by atoms with Crippen LogP contribution in [-0.2, 0) is 9.47 Å². The third kappa shape index (κ3) is 5.34. The molecule has 0 radical (unpaired) electrons. The van der Waals surface area contributed by atoms with E-state index < -0.39 is 12.6 Å². The van der Waals surface area contributed by atoms with Crippen LogP contribution in [0.15, 0.2) is 0 Å². The molecule has 1 heterocycles. The van der Waals surface area contributed by atoms with Crippen molar-refractivity contribution in [3.05, 3.63) is 0 Å². The summed E-state index contributed by atoms with van der Waals surface area (Å²) in [5.74, 6) is 0. The highest BCUT2D eigenvalue weighted by Gasteiger charge is 2.28. The largest absolute Gasteiger partial charge is 0.389 e. The number of nitrogens with two attached hydrogens (primary N) is 1. The Balaban J connectivity index is 2.14. The highest BCUT2D eigenvalue weighted by Crippen LogP contribution is 2.23. The van der Waals surface area contributed by atoms with E-state index in [4.69, 9.17) is 15.2 Å². The fourth-order valence-electron chi connectivity index (χ4n) is 1.48. The maximum absolute atomic E-state index is 11.9. The lowest BCUT2D eigenvalue weighted by Crippen LogP contribution is -2.43. The van der Waals surface area contributed by atoms with Crippen molar-refractivity contribution in [1.82, 2.24) is 0 Å². The molecule has 2 N–H and O–H groups in total. The van der Waals surface area contributed by atoms with E-state index in [9.17, 15) is 13.2 Å². The van der Waals surface area contributed by atoms with Gasteiger partial charge in [-0.1, -0.05) is 0 Å². The summed E-state index contributed by atoms with van der Waals surface area (Å²) < 4.78 is 46.0. The third-order valence-electron chi connectivity index (χ3n) is 2.32. The molecular weight excluding hydrogens is 211 g/mol. The van der Waals surface area contributed by atoms with Crippen molar-refractivity contribution in [2.45, 2.75) is 37.6 Å². The van der Waals surface area contributed by atoms with E-state index in [1.807, 2.05) is 0 Å². The molecular formula is C9H16F3NO2. The van der Waals surface area contributed by atoms with Gasteiger partial charge in [-0.05, 0) is 12.8 Å². The number of rotatable bonds is 4. The molecule has 0 spiro atoms. The standard InChI is InChI=1S/C9H16F3NO2/c10-9(11,12)3-1-2-7(13)8-6-14-4-5-15-8/h7-8H,1-6,13H2. The molecule has 0 amide bonds. The summed E-state index contributed by atoms with van der Waals surface area (Å²) in [6, 6.07) is -0.368. The SMILES string of the molecule is NC(CCCC(F)(F)F)C1COCCO1. The monoisotopic (exact) mass is 227 g/mol. The fraction of sp³-hybridized carbons (Fsp3) is 1.00. The van der Waals surface area contributed by atoms with Crippen LogP contribution < -0.4 is 5.73 Å². The van der Waals surface area contributed by atoms with Gasteiger partial charge < -0.3 is 15.2 Å². The second kappa shape index (κ2) is 5.67. The second-order valence-electron chi connectivity index (χ2n) is 3.66. The summed E-state index contributed by atoms with van der Waals surface area (Å²) in [7, 11) is 0. The Labute approximate surface area is 86.7 Å². The summed E-state index contributed by atoms with van der Waals surface area (Å²) >= 11 is 0. The zero-order chi connectivity index (χ0) is 11.3. The minimum Gasteiger partial charge on any atom is -0.376 e. The van der Waals surface area contributed by atoms with E-state index in [0.717, 1.165) is 0 Å². The first-order valence-electron chi connectivity index (χ1n) is 5.01. The van der Waals surface area contributed by atoms with Crippen LogP contribution in [0.1, 0.15) is 19.3 Å². The fourth-order valence-corrected chi connectivity index (χ4v) is 1.48. The topological polar surface area (TPSA) is 44.5 Å². The van der Waals surface area contributed by atoms with Crippen LogP contribution in [0.2, 0.25) is 0 Å². The highest BCUT2D eigenvalue weighted by molar-refractivity contribution is 4.75. The average molecular weight is 227 g/mol. The smallest absolute Gasteiger partial charge is 0.376 e. The number of hydrogen-bond donors (Lipinski definition) is 1. The van der Waals surface area contributed by atoms with Crippen molar-refractivity contribution in [2.24, 2.45) is 5.73 Å². The Morgan fingerprint density at radius 2 is 2.07 bits per heavy atom. The van der Waals surface area contributed by atoms with Crippen molar-refractivity contribution in [1.29, 1.82) is 0 Å². The van der Waals surface area contributed by atoms with Crippen LogP contribution in [0.4, 0.5) is 13.2 Å². The van der Waals surface area contributed by atoms with Crippen LogP contribution >= 0.6 is 0 Å². The van der Waals surface area contributed by atoms with Gasteiger partial charge in [-0.15, -0.1) is 0 Å². The zero-order valence-corrected chi connectivity index (χ0v) is 8.43. The van der Waals surface area contributed by atoms with Crippen LogP contribution in [0.3, 0.4) is 0 Å². The Morgan fingerprint density at radius 3 is 2.60 bits per heavy atom. The molecule has 0 aromatic carbocycles. The molecule has 1 aliphatic heterocycles. The molecule has 1 rings (SSSR count). The van der Waals surface area contributed by atoms with Gasteiger partial charge in [-0.3, -0.25) is 0 Å². The van der Waals surface area contributed by atoms with Crippen molar-refractivity contribution in [3.8, 4) is 0 Å². The maximum atomic E-state index is 11.9. The molecule has 0 aromatic rings. The van der Waals surface area contributed by atoms with E-state index in [1.165, 1.54) is 0 Å². The Bertz CT molecular complexity index is 181. The first-order valence-corrected chi connectivity index (χ1v) is 5.01. The molecule has 6 heteroatoms. The van der Waals surface area contributed by atoms with E-state index >= 15 is 0 Å². The molecule has 15 heavy (non-hydrogen) atoms. The summed E-state index contributed by atoms with van der Waals surface area (Å²) in [4.78, 5) is 0. The number of hydrogen-bond acceptors (Lipinski definition) is 3. The lowest BCUT2D eigenvalue weighted by molar-refractivity contribution is -0.137. The lowest BCUT2D eigenvalue weighted by atomic mass is 10.0. The van der Waals surface area contributed by atoms with Crippen molar-refractivity contribution in [2.75, 3.05) is 19.8 Å². The van der Waals surface area contributed by atoms with Crippen molar-refractivity contribution < 1.29 is 22.6 Å². The van der Waals surface area contributed by atoms with E-state index in [1.54, 1.807) is 0 Å². The molecule has 90 valence electrons. The van der Waals surface area contributed by atoms with Gasteiger partial charge in [0.25, 0.3) is 0 Å². The third-order valence-corrected chi connectivity index (χ3v) is 2.32. The summed E-state index contributed by atoms with van der Waals surface area (Å²) in [6.07, 6.45) is -4.78. The van der Waals surface area contributed by atoms with Crippen molar-refractivity contribution >= 4 is 0 Å². The molecule has 3 nitrogen and oxygen atoms in total. The predicted molar refractivity (Wildman–Crippen MR) is 48.4 cm³/mol. The van der Waals surface area contributed by atoms with Gasteiger partial charge in [-0.25, -0.2) is 0 Å². The molecule has 2 atom stereocenters. The van der Waals surface area contributed by atoms with Gasteiger partial charge in [0, 0.05) is 12.5 Å². The van der Waals surface area contributed by atoms with Gasteiger partial charge in [0.2, 0.25) is 0 Å². The number of alkyl halides is 3. The lowest BCUT2D eigenvalue weighted by Gasteiger charge is -2.28. The van der Waals surface area contributed by atoms with Crippen LogP contribution in [0, 0.1) is 0 Å². The molecule has 0 bridgehead atoms. The van der Waals surface area contributed by atoms with E-state index in [2.05, 4.69) is 0 Å². The predicted octanol–water partition coefficient (Wildman–Crippen LogP) is 1.46. The molecule has 0 aromatic heterocycles. The first kappa shape index (κ1) is 12.7. The Morgan fingerprint density at radius 1 is 1.33 bits per heavy atom. The first-order chi connectivity index (χ1) is 6.99. The van der Waals surface area contributed by atoms with Crippen LogP contribution in [-0.4, -0.2) is 38.1 Å². The quantitative estimate of drug-likeness (QED) is 0.790. The van der Waals surface area contributed by atoms with Gasteiger partial charge in [-0.2, -0.15) is 13.2 Å². The normalized spacial score (nSPS) is 25.2. The van der Waals surface area contributed by atoms with Gasteiger partial charge in [0.1, 0.15) is 0 Å². The highest BCUT2D eigenvalue weighted by atomic mass is 19.4. The van der Waals surface area contributed by atoms with E-state index in [-0.39, 0.29) is 18.6 Å². The average Bonchev–Trinajstić information content (AvgIpc) is 2.17. The summed E-state index contributed by atoms with van der Waals surface area (Å²) in [6.45, 7) is 1.39. The van der Waals surface area contributed by atoms with Gasteiger partial charge in [0.05, 0.1) is 25.9 Å². The van der Waals surface area contributed by atoms with Crippen LogP contribution in [0.25, 0.3) is 0 Å². The summed E-state index contributed by atoms with van der Waals surface area (Å²) in [5, 5.41) is 0. The molecule has 0 saturated carbocycles. The Hall–Kier alpha value is -0.330. The Kier molecular flexibility index (Phi) is 4.82. The zero-order valence-electron chi connectivity index (χ0n) is 8.43. The van der Waals surface area contributed by atoms with Gasteiger partial charge >= 0.3 is 6.18 Å². The van der Waals surface area contributed by atoms with Gasteiger partial charge in [0.15, 0.2) is 0 Å². The van der Waals surface area contributed by atoms with Crippen LogP contribution in [0.5, 0.6) is 0 Å². The van der Waals surface area contributed by atoms with Crippen molar-refractivity contribution in [3.63, 3.8) is 0 Å². The summed E-state index contributed by atoms with van der Waals surface area (Å²) in [5.41, 5.74) is 5.71.